The van der Waals surface area contributed by atoms with Crippen molar-refractivity contribution in [3.05, 3.63) is 29.8 Å². The fraction of sp³-hybridized carbons (Fsp3) is 0.417. The Balaban J connectivity index is 3.05. The number of hydrogen-bond donors (Lipinski definition) is 0. The largest absolute Gasteiger partial charge is 0.448 e. The van der Waals surface area contributed by atoms with Crippen LogP contribution in [0.4, 0.5) is 26.8 Å². The molecular weight excluding hydrogens is 345 g/mol. The predicted molar refractivity (Wildman–Crippen MR) is 70.5 cm³/mol. The number of carbonyl (C=O) groups is 1. The van der Waals surface area contributed by atoms with Gasteiger partial charge in [-0.05, 0) is 18.2 Å². The fourth-order valence-electron chi connectivity index (χ4n) is 1.79. The third kappa shape index (κ3) is 3.46. The van der Waals surface area contributed by atoms with E-state index in [2.05, 4.69) is 13.6 Å². The number of rotatable bonds is 6. The topological polar surface area (TPSA) is 48.0 Å². The number of hydrogen-bond acceptors (Lipinski definition) is 4. The molecule has 0 fully saturated rings. The minimum atomic E-state index is -4.47. The van der Waals surface area contributed by atoms with Gasteiger partial charge in [-0.15, -0.1) is 0 Å². The second-order valence-electron chi connectivity index (χ2n) is 4.26. The molecule has 0 aliphatic rings. The van der Waals surface area contributed by atoms with E-state index in [1.54, 1.807) is 0 Å². The molecule has 0 bridgehead atoms. The van der Waals surface area contributed by atoms with E-state index in [0.717, 1.165) is 26.4 Å². The van der Waals surface area contributed by atoms with Gasteiger partial charge in [-0.1, -0.05) is 22.6 Å². The first kappa shape index (κ1) is 19.3. The van der Waals surface area contributed by atoms with Gasteiger partial charge in [0.2, 0.25) is 5.82 Å². The highest BCUT2D eigenvalue weighted by Crippen LogP contribution is 2.36. The maximum absolute atomic E-state index is 14.2. The molecule has 0 saturated carbocycles. The van der Waals surface area contributed by atoms with E-state index in [1.165, 1.54) is 6.92 Å². The summed E-state index contributed by atoms with van der Waals surface area (Å²) in [5, 5.41) is -1.54. The Morgan fingerprint density at radius 1 is 1.26 bits per heavy atom. The Bertz CT molecular complexity index is 562. The van der Waals surface area contributed by atoms with Gasteiger partial charge in [0.05, 0.1) is 0 Å². The Hall–Kier alpha value is -1.72. The number of ether oxygens (including phenoxy) is 1. The van der Waals surface area contributed by atoms with Gasteiger partial charge in [0.1, 0.15) is 0 Å². The summed E-state index contributed by atoms with van der Waals surface area (Å²) in [6, 6.07) is 2.05. The van der Waals surface area contributed by atoms with E-state index in [-0.39, 0.29) is 0 Å². The summed E-state index contributed by atoms with van der Waals surface area (Å²) >= 11 is 0. The summed E-state index contributed by atoms with van der Waals surface area (Å²) in [6.45, 7) is 1.26. The van der Waals surface area contributed by atoms with Crippen LogP contribution in [0.15, 0.2) is 18.2 Å². The number of alkyl halides is 2. The number of halogens is 5. The molecule has 0 heterocycles. The van der Waals surface area contributed by atoms with E-state index in [4.69, 9.17) is 0 Å². The summed E-state index contributed by atoms with van der Waals surface area (Å²) in [7, 11) is -2.69. The van der Waals surface area contributed by atoms with E-state index >= 15 is 0 Å². The van der Waals surface area contributed by atoms with Crippen LogP contribution in [0.1, 0.15) is 6.92 Å². The van der Waals surface area contributed by atoms with Crippen molar-refractivity contribution in [2.24, 2.45) is 0 Å². The third-order valence-corrected chi connectivity index (χ3v) is 6.47. The lowest BCUT2D eigenvalue weighted by Crippen LogP contribution is -2.64. The predicted octanol–water partition coefficient (Wildman–Crippen LogP) is 3.54. The van der Waals surface area contributed by atoms with E-state index in [0.29, 0.717) is 6.07 Å². The second-order valence-corrected chi connectivity index (χ2v) is 7.89. The minimum Gasteiger partial charge on any atom is -0.405 e. The Morgan fingerprint density at radius 2 is 1.83 bits per heavy atom. The summed E-state index contributed by atoms with van der Waals surface area (Å²) in [4.78, 5) is 11.5. The lowest BCUT2D eigenvalue weighted by atomic mass is 10.3. The van der Waals surface area contributed by atoms with Gasteiger partial charge in [0.15, 0.2) is 11.6 Å². The van der Waals surface area contributed by atoms with Crippen LogP contribution in [0, 0.1) is 11.6 Å². The Labute approximate surface area is 129 Å². The third-order valence-electron chi connectivity index (χ3n) is 3.10. The first-order valence-electron chi connectivity index (χ1n) is 6.26. The number of nitrogens with zero attached hydrogens (tertiary/aromatic N) is 1. The average molecular weight is 359 g/mol. The molecule has 0 unspecified atom stereocenters. The summed E-state index contributed by atoms with van der Waals surface area (Å²) in [5.74, 6) is -4.04. The molecule has 0 aliphatic carbocycles. The quantitative estimate of drug-likeness (QED) is 0.337. The monoisotopic (exact) mass is 359 g/mol. The molecule has 0 N–H and O–H groups in total. The minimum absolute atomic E-state index is 0.394. The maximum Gasteiger partial charge on any atom is 0.448 e. The average Bonchev–Trinajstić information content (AvgIpc) is 2.53. The highest BCUT2D eigenvalue weighted by molar-refractivity contribution is 6.69. The van der Waals surface area contributed by atoms with Gasteiger partial charge in [-0.3, -0.25) is 0 Å². The second kappa shape index (κ2) is 7.23. The van der Waals surface area contributed by atoms with Crippen molar-refractivity contribution in [1.29, 1.82) is 0 Å². The zero-order valence-electron chi connectivity index (χ0n) is 12.4. The van der Waals surface area contributed by atoms with Gasteiger partial charge in [-0.2, -0.15) is 13.2 Å². The van der Waals surface area contributed by atoms with Gasteiger partial charge < -0.3 is 13.6 Å². The smallest absolute Gasteiger partial charge is 0.405 e. The first-order chi connectivity index (χ1) is 10.7. The zero-order valence-corrected chi connectivity index (χ0v) is 13.4. The molecule has 1 aromatic carbocycles. The lowest BCUT2D eigenvalue weighted by Gasteiger charge is -2.35. The van der Waals surface area contributed by atoms with Crippen LogP contribution in [0.5, 0.6) is 5.75 Å². The molecular formula is C12H14F5NO4Si. The Kier molecular flexibility index (Phi) is 6.08. The molecule has 1 rings (SSSR count). The van der Waals surface area contributed by atoms with Gasteiger partial charge in [-0.25, -0.2) is 9.18 Å². The van der Waals surface area contributed by atoms with E-state index in [1.807, 2.05) is 0 Å². The molecule has 0 atom stereocenters. The number of carbonyl (C=O) groups excluding carboxylic acids is 1. The van der Waals surface area contributed by atoms with Crippen molar-refractivity contribution in [3.63, 3.8) is 0 Å². The van der Waals surface area contributed by atoms with Crippen LogP contribution in [0.3, 0.4) is 0 Å². The molecule has 5 nitrogen and oxygen atoms in total. The maximum atomic E-state index is 14.2. The molecule has 0 radical (unpaired) electrons. The molecule has 11 heteroatoms. The highest BCUT2D eigenvalue weighted by atomic mass is 28.4. The van der Waals surface area contributed by atoms with Crippen molar-refractivity contribution < 1.29 is 40.4 Å². The molecule has 23 heavy (non-hydrogen) atoms. The van der Waals surface area contributed by atoms with Crippen LogP contribution in [-0.2, 0) is 8.85 Å². The van der Waals surface area contributed by atoms with Crippen molar-refractivity contribution in [2.45, 2.75) is 18.6 Å². The molecule has 0 spiro atoms. The zero-order chi connectivity index (χ0) is 17.8. The first-order valence-corrected chi connectivity index (χ1v) is 8.29. The lowest BCUT2D eigenvalue weighted by molar-refractivity contribution is -0.178. The van der Waals surface area contributed by atoms with Crippen molar-refractivity contribution in [2.75, 3.05) is 14.2 Å². The van der Waals surface area contributed by atoms with Crippen molar-refractivity contribution >= 4 is 14.7 Å². The standard InChI is InChI=1S/C12H14F5NO4Si/c1-4-23(20-2,21-3)12(15,16)18(17)11(19)22-9-7-5-6-8(13)10(9)14/h5-7H,4H2,1-3H3. The summed E-state index contributed by atoms with van der Waals surface area (Å²) < 4.78 is 81.8. The highest BCUT2D eigenvalue weighted by Gasteiger charge is 2.66. The fourth-order valence-corrected chi connectivity index (χ4v) is 3.84. The van der Waals surface area contributed by atoms with Crippen LogP contribution in [0.25, 0.3) is 0 Å². The number of amides is 1. The summed E-state index contributed by atoms with van der Waals surface area (Å²) in [5.41, 5.74) is -4.47. The molecule has 1 aromatic rings. The van der Waals surface area contributed by atoms with Crippen molar-refractivity contribution in [3.8, 4) is 5.75 Å². The van der Waals surface area contributed by atoms with E-state index < -0.39 is 48.9 Å². The van der Waals surface area contributed by atoms with Gasteiger partial charge in [0, 0.05) is 14.2 Å². The van der Waals surface area contributed by atoms with Gasteiger partial charge in [0.25, 0.3) is 0 Å². The van der Waals surface area contributed by atoms with Gasteiger partial charge >= 0.3 is 20.3 Å². The van der Waals surface area contributed by atoms with Crippen LogP contribution in [-0.4, -0.2) is 39.7 Å². The normalized spacial score (nSPS) is 12.2. The van der Waals surface area contributed by atoms with Crippen LogP contribution in [0.2, 0.25) is 6.04 Å². The Morgan fingerprint density at radius 3 is 2.30 bits per heavy atom. The molecule has 1 amide bonds. The van der Waals surface area contributed by atoms with E-state index in [9.17, 15) is 26.8 Å². The van der Waals surface area contributed by atoms with Crippen LogP contribution >= 0.6 is 0 Å². The van der Waals surface area contributed by atoms with Crippen LogP contribution < -0.4 is 4.74 Å². The molecule has 0 saturated heterocycles. The molecule has 0 aliphatic heterocycles. The SMILES string of the molecule is CC[Si](OC)(OC)C(F)(F)N(F)C(=O)Oc1cccc(F)c1F. The summed E-state index contributed by atoms with van der Waals surface area (Å²) in [6.07, 6.45) is -2.24. The van der Waals surface area contributed by atoms with Crippen molar-refractivity contribution in [1.82, 2.24) is 5.12 Å². The molecule has 130 valence electrons. The number of benzene rings is 1. The molecule has 0 aromatic heterocycles.